The number of hydrogen-bond donors (Lipinski definition) is 1. The fourth-order valence-electron chi connectivity index (χ4n) is 3.69. The largest absolute Gasteiger partial charge is 0.339 e. The van der Waals surface area contributed by atoms with E-state index in [-0.39, 0.29) is 12.4 Å². The number of amides is 1. The normalized spacial score (nSPS) is 21.8. The molecule has 0 aromatic heterocycles. The molecule has 1 heterocycles. The molecule has 0 spiro atoms. The summed E-state index contributed by atoms with van der Waals surface area (Å²) in [6.07, 6.45) is 8.69. The molecule has 5 heteroatoms. The van der Waals surface area contributed by atoms with Gasteiger partial charge in [-0.2, -0.15) is 0 Å². The van der Waals surface area contributed by atoms with Crippen LogP contribution in [0.3, 0.4) is 0 Å². The molecule has 1 N–H and O–H groups in total. The minimum atomic E-state index is 0. The van der Waals surface area contributed by atoms with Gasteiger partial charge in [0.05, 0.1) is 6.54 Å². The van der Waals surface area contributed by atoms with Crippen molar-refractivity contribution in [3.8, 4) is 0 Å². The van der Waals surface area contributed by atoms with E-state index in [1.165, 1.54) is 44.9 Å². The zero-order valence-corrected chi connectivity index (χ0v) is 14.5. The molecule has 1 amide bonds. The monoisotopic (exact) mass is 317 g/mol. The topological polar surface area (TPSA) is 35.6 Å². The van der Waals surface area contributed by atoms with Crippen LogP contribution in [0.5, 0.6) is 0 Å². The summed E-state index contributed by atoms with van der Waals surface area (Å²) in [5.41, 5.74) is 0. The van der Waals surface area contributed by atoms with Crippen LogP contribution in [0, 0.1) is 0 Å². The van der Waals surface area contributed by atoms with Crippen LogP contribution < -0.4 is 5.32 Å². The summed E-state index contributed by atoms with van der Waals surface area (Å²) in [5, 5.41) is 3.34. The average molecular weight is 318 g/mol. The molecule has 0 aromatic carbocycles. The maximum atomic E-state index is 12.6. The zero-order valence-electron chi connectivity index (χ0n) is 13.6. The Kier molecular flexibility index (Phi) is 8.60. The van der Waals surface area contributed by atoms with Crippen molar-refractivity contribution in [2.24, 2.45) is 0 Å². The molecular formula is C16H32ClN3O. The quantitative estimate of drug-likeness (QED) is 0.845. The van der Waals surface area contributed by atoms with Crippen LogP contribution >= 0.6 is 12.4 Å². The van der Waals surface area contributed by atoms with Crippen LogP contribution in [-0.2, 0) is 4.79 Å². The van der Waals surface area contributed by atoms with Crippen LogP contribution in [0.1, 0.15) is 51.9 Å². The number of halogens is 1. The van der Waals surface area contributed by atoms with Crippen LogP contribution in [0.15, 0.2) is 0 Å². The lowest BCUT2D eigenvalue weighted by Crippen LogP contribution is -2.49. The number of nitrogens with zero attached hydrogens (tertiary/aromatic N) is 2. The van der Waals surface area contributed by atoms with Crippen molar-refractivity contribution in [3.05, 3.63) is 0 Å². The first-order valence-electron chi connectivity index (χ1n) is 8.43. The van der Waals surface area contributed by atoms with Crippen LogP contribution in [-0.4, -0.2) is 61.0 Å². The summed E-state index contributed by atoms with van der Waals surface area (Å²) in [5.74, 6) is 0.349. The molecule has 124 valence electrons. The third-order valence-corrected chi connectivity index (χ3v) is 5.03. The van der Waals surface area contributed by atoms with Crippen molar-refractivity contribution in [1.82, 2.24) is 15.1 Å². The number of piperidine rings is 1. The summed E-state index contributed by atoms with van der Waals surface area (Å²) in [7, 11) is 2.04. The second kappa shape index (κ2) is 9.65. The molecule has 2 aliphatic rings. The summed E-state index contributed by atoms with van der Waals surface area (Å²) in [6, 6.07) is 1.15. The maximum absolute atomic E-state index is 12.6. The van der Waals surface area contributed by atoms with E-state index in [0.29, 0.717) is 24.5 Å². The molecule has 4 nitrogen and oxygen atoms in total. The number of carbonyl (C=O) groups excluding carboxylic acids is 1. The van der Waals surface area contributed by atoms with E-state index in [1.54, 1.807) is 0 Å². The van der Waals surface area contributed by atoms with Gasteiger partial charge in [-0.05, 0) is 39.7 Å². The molecule has 1 aliphatic carbocycles. The second-order valence-electron chi connectivity index (χ2n) is 6.31. The predicted molar refractivity (Wildman–Crippen MR) is 90.0 cm³/mol. The Morgan fingerprint density at radius 3 is 2.29 bits per heavy atom. The first-order chi connectivity index (χ1) is 9.74. The van der Waals surface area contributed by atoms with Gasteiger partial charge in [0.1, 0.15) is 0 Å². The number of carbonyl (C=O) groups is 1. The fraction of sp³-hybridized carbons (Fsp3) is 0.938. The van der Waals surface area contributed by atoms with E-state index in [4.69, 9.17) is 0 Å². The molecule has 1 saturated heterocycles. The lowest BCUT2D eigenvalue weighted by molar-refractivity contribution is -0.135. The Hall–Kier alpha value is -0.320. The Bertz CT molecular complexity index is 300. The number of hydrogen-bond acceptors (Lipinski definition) is 3. The fourth-order valence-corrected chi connectivity index (χ4v) is 3.69. The molecular weight excluding hydrogens is 286 g/mol. The van der Waals surface area contributed by atoms with Gasteiger partial charge < -0.3 is 10.2 Å². The van der Waals surface area contributed by atoms with E-state index < -0.39 is 0 Å². The average Bonchev–Trinajstić information content (AvgIpc) is 2.50. The number of nitrogens with one attached hydrogen (secondary N) is 1. The highest BCUT2D eigenvalue weighted by atomic mass is 35.5. The minimum absolute atomic E-state index is 0. The molecule has 0 radical (unpaired) electrons. The first-order valence-corrected chi connectivity index (χ1v) is 8.43. The van der Waals surface area contributed by atoms with Crippen molar-refractivity contribution in [2.75, 3.05) is 33.2 Å². The minimum Gasteiger partial charge on any atom is -0.339 e. The second-order valence-corrected chi connectivity index (χ2v) is 6.31. The predicted octanol–water partition coefficient (Wildman–Crippen LogP) is 2.27. The van der Waals surface area contributed by atoms with Gasteiger partial charge in [0.25, 0.3) is 0 Å². The van der Waals surface area contributed by atoms with Crippen molar-refractivity contribution in [1.29, 1.82) is 0 Å². The van der Waals surface area contributed by atoms with E-state index in [1.807, 2.05) is 7.05 Å². The molecule has 21 heavy (non-hydrogen) atoms. The third kappa shape index (κ3) is 5.42. The van der Waals surface area contributed by atoms with Gasteiger partial charge in [0.15, 0.2) is 0 Å². The van der Waals surface area contributed by atoms with Crippen LogP contribution in [0.4, 0.5) is 0 Å². The highest BCUT2D eigenvalue weighted by Gasteiger charge is 2.26. The molecule has 0 aromatic rings. The summed E-state index contributed by atoms with van der Waals surface area (Å²) >= 11 is 0. The van der Waals surface area contributed by atoms with Crippen LogP contribution in [0.25, 0.3) is 0 Å². The van der Waals surface area contributed by atoms with Crippen molar-refractivity contribution in [2.45, 2.75) is 64.0 Å². The van der Waals surface area contributed by atoms with E-state index in [9.17, 15) is 4.79 Å². The van der Waals surface area contributed by atoms with Gasteiger partial charge in [-0.3, -0.25) is 9.69 Å². The van der Waals surface area contributed by atoms with Gasteiger partial charge in [-0.25, -0.2) is 0 Å². The van der Waals surface area contributed by atoms with Crippen LogP contribution in [0.2, 0.25) is 0 Å². The lowest BCUT2D eigenvalue weighted by Gasteiger charge is -2.37. The molecule has 0 unspecified atom stereocenters. The highest BCUT2D eigenvalue weighted by molar-refractivity contribution is 5.85. The molecule has 1 saturated carbocycles. The third-order valence-electron chi connectivity index (χ3n) is 5.03. The Morgan fingerprint density at radius 2 is 1.76 bits per heavy atom. The van der Waals surface area contributed by atoms with Crippen molar-refractivity contribution < 1.29 is 4.79 Å². The Morgan fingerprint density at radius 1 is 1.14 bits per heavy atom. The van der Waals surface area contributed by atoms with Crippen molar-refractivity contribution >= 4 is 18.3 Å². The maximum Gasteiger partial charge on any atom is 0.236 e. The van der Waals surface area contributed by atoms with Gasteiger partial charge in [0.2, 0.25) is 5.91 Å². The summed E-state index contributed by atoms with van der Waals surface area (Å²) in [6.45, 7) is 5.73. The molecule has 0 atom stereocenters. The molecule has 0 bridgehead atoms. The standard InChI is InChI=1S/C16H31N3O.ClH/c1-3-19(15-7-5-4-6-8-15)16(20)13-18-11-9-14(17-2)10-12-18;/h14-15,17H,3-13H2,1-2H3;1H. The Labute approximate surface area is 136 Å². The Balaban J connectivity index is 0.00000220. The molecule has 1 aliphatic heterocycles. The lowest BCUT2D eigenvalue weighted by atomic mass is 9.94. The van der Waals surface area contributed by atoms with E-state index in [0.717, 1.165) is 19.6 Å². The van der Waals surface area contributed by atoms with Gasteiger partial charge in [-0.15, -0.1) is 12.4 Å². The number of likely N-dealkylation sites (N-methyl/N-ethyl adjacent to an activating group) is 1. The number of likely N-dealkylation sites (tertiary alicyclic amines) is 1. The molecule has 2 fully saturated rings. The summed E-state index contributed by atoms with van der Waals surface area (Å²) < 4.78 is 0. The number of rotatable bonds is 5. The van der Waals surface area contributed by atoms with Crippen molar-refractivity contribution in [3.63, 3.8) is 0 Å². The summed E-state index contributed by atoms with van der Waals surface area (Å²) in [4.78, 5) is 17.0. The van der Waals surface area contributed by atoms with Gasteiger partial charge >= 0.3 is 0 Å². The zero-order chi connectivity index (χ0) is 14.4. The van der Waals surface area contributed by atoms with Gasteiger partial charge in [-0.1, -0.05) is 19.3 Å². The highest BCUT2D eigenvalue weighted by Crippen LogP contribution is 2.23. The first kappa shape index (κ1) is 18.7. The van der Waals surface area contributed by atoms with E-state index >= 15 is 0 Å². The van der Waals surface area contributed by atoms with E-state index in [2.05, 4.69) is 22.0 Å². The SMILES string of the molecule is CCN(C(=O)CN1CCC(NC)CC1)C1CCCCC1.Cl. The smallest absolute Gasteiger partial charge is 0.236 e. The van der Waals surface area contributed by atoms with Gasteiger partial charge in [0, 0.05) is 31.7 Å². The molecule has 2 rings (SSSR count).